The Kier molecular flexibility index (Phi) is 8.47. The number of ether oxygens (including phenoxy) is 2. The normalized spacial score (nSPS) is 13.8. The second kappa shape index (κ2) is 11.5. The summed E-state index contributed by atoms with van der Waals surface area (Å²) in [4.78, 5) is 37.9. The van der Waals surface area contributed by atoms with Gasteiger partial charge in [0.15, 0.2) is 6.61 Å². The van der Waals surface area contributed by atoms with Gasteiger partial charge in [0, 0.05) is 13.1 Å². The summed E-state index contributed by atoms with van der Waals surface area (Å²) in [6.07, 6.45) is -4.51. The van der Waals surface area contributed by atoms with Crippen LogP contribution >= 0.6 is 0 Å². The zero-order valence-corrected chi connectivity index (χ0v) is 18.2. The monoisotopic (exact) mass is 479 g/mol. The molecule has 1 saturated heterocycles. The van der Waals surface area contributed by atoms with Crippen molar-refractivity contribution < 1.29 is 37.0 Å². The van der Waals surface area contributed by atoms with Crippen molar-refractivity contribution in [3.63, 3.8) is 0 Å². The van der Waals surface area contributed by atoms with Gasteiger partial charge in [0.25, 0.3) is 5.91 Å². The molecule has 8 nitrogen and oxygen atoms in total. The Labute approximate surface area is 194 Å². The summed E-state index contributed by atoms with van der Waals surface area (Å²) in [7, 11) is 0. The molecule has 34 heavy (non-hydrogen) atoms. The number of nitrogens with zero attached hydrogens (tertiary/aromatic N) is 1. The van der Waals surface area contributed by atoms with E-state index in [4.69, 9.17) is 9.47 Å². The number of esters is 1. The van der Waals surface area contributed by atoms with Crippen molar-refractivity contribution in [2.24, 2.45) is 0 Å². The van der Waals surface area contributed by atoms with E-state index in [0.29, 0.717) is 32.0 Å². The SMILES string of the molecule is O=C(Cc1ccccc1)NCC(=O)OCC(=O)Nc1cc(C(F)(F)F)ccc1N1CCOCC1. The van der Waals surface area contributed by atoms with Crippen molar-refractivity contribution in [1.29, 1.82) is 0 Å². The zero-order valence-electron chi connectivity index (χ0n) is 18.2. The van der Waals surface area contributed by atoms with Gasteiger partial charge in [-0.25, -0.2) is 0 Å². The third-order valence-electron chi connectivity index (χ3n) is 4.95. The van der Waals surface area contributed by atoms with Gasteiger partial charge in [0.05, 0.1) is 36.6 Å². The Morgan fingerprint density at radius 2 is 1.71 bits per heavy atom. The van der Waals surface area contributed by atoms with Gasteiger partial charge in [0.2, 0.25) is 5.91 Å². The molecule has 0 saturated carbocycles. The number of hydrogen-bond donors (Lipinski definition) is 2. The zero-order chi connectivity index (χ0) is 24.6. The molecule has 0 radical (unpaired) electrons. The van der Waals surface area contributed by atoms with Crippen LogP contribution in [0.3, 0.4) is 0 Å². The van der Waals surface area contributed by atoms with E-state index in [9.17, 15) is 27.6 Å². The minimum absolute atomic E-state index is 0.0473. The summed E-state index contributed by atoms with van der Waals surface area (Å²) in [5.41, 5.74) is 0.209. The van der Waals surface area contributed by atoms with E-state index in [2.05, 4.69) is 10.6 Å². The number of hydrogen-bond acceptors (Lipinski definition) is 6. The Bertz CT molecular complexity index is 1010. The maximum absolute atomic E-state index is 13.2. The summed E-state index contributed by atoms with van der Waals surface area (Å²) >= 11 is 0. The number of halogens is 3. The van der Waals surface area contributed by atoms with Crippen LogP contribution in [0.4, 0.5) is 24.5 Å². The van der Waals surface area contributed by atoms with Crippen LogP contribution in [0, 0.1) is 0 Å². The molecule has 0 aromatic heterocycles. The lowest BCUT2D eigenvalue weighted by molar-refractivity contribution is -0.147. The largest absolute Gasteiger partial charge is 0.454 e. The van der Waals surface area contributed by atoms with Crippen LogP contribution in [0.5, 0.6) is 0 Å². The Balaban J connectivity index is 1.53. The van der Waals surface area contributed by atoms with Gasteiger partial charge in [-0.15, -0.1) is 0 Å². The number of anilines is 2. The first-order valence-corrected chi connectivity index (χ1v) is 10.5. The number of nitrogens with one attached hydrogen (secondary N) is 2. The van der Waals surface area contributed by atoms with Crippen LogP contribution in [-0.2, 0) is 36.5 Å². The highest BCUT2D eigenvalue weighted by atomic mass is 19.4. The Morgan fingerprint density at radius 1 is 1.00 bits per heavy atom. The van der Waals surface area contributed by atoms with Crippen LogP contribution in [0.15, 0.2) is 48.5 Å². The first-order chi connectivity index (χ1) is 16.2. The molecule has 182 valence electrons. The molecule has 0 atom stereocenters. The molecule has 1 heterocycles. The number of amides is 2. The fraction of sp³-hybridized carbons (Fsp3) is 0.348. The summed E-state index contributed by atoms with van der Waals surface area (Å²) in [5.74, 6) is -2.06. The van der Waals surface area contributed by atoms with E-state index in [-0.39, 0.29) is 12.1 Å². The average Bonchev–Trinajstić information content (AvgIpc) is 2.82. The van der Waals surface area contributed by atoms with Crippen molar-refractivity contribution in [3.05, 3.63) is 59.7 Å². The lowest BCUT2D eigenvalue weighted by Crippen LogP contribution is -2.37. The van der Waals surface area contributed by atoms with E-state index in [1.165, 1.54) is 6.07 Å². The summed E-state index contributed by atoms with van der Waals surface area (Å²) in [5, 5.41) is 4.78. The van der Waals surface area contributed by atoms with E-state index < -0.39 is 42.7 Å². The molecule has 0 bridgehead atoms. The second-order valence-electron chi connectivity index (χ2n) is 7.48. The van der Waals surface area contributed by atoms with Gasteiger partial charge in [-0.05, 0) is 23.8 Å². The van der Waals surface area contributed by atoms with Crippen LogP contribution in [0.1, 0.15) is 11.1 Å². The summed E-state index contributed by atoms with van der Waals surface area (Å²) < 4.78 is 49.6. The molecule has 0 spiro atoms. The molecule has 1 aliphatic heterocycles. The first-order valence-electron chi connectivity index (χ1n) is 10.5. The lowest BCUT2D eigenvalue weighted by Gasteiger charge is -2.31. The fourth-order valence-electron chi connectivity index (χ4n) is 3.29. The number of carbonyl (C=O) groups excluding carboxylic acids is 3. The standard InChI is InChI=1S/C23H24F3N3O5/c24-23(25,26)17-6-7-19(29-8-10-33-11-9-29)18(13-17)28-21(31)15-34-22(32)14-27-20(30)12-16-4-2-1-3-5-16/h1-7,13H,8-12,14-15H2,(H,27,30)(H,28,31). The maximum atomic E-state index is 13.2. The highest BCUT2D eigenvalue weighted by molar-refractivity contribution is 5.96. The summed E-state index contributed by atoms with van der Waals surface area (Å²) in [6.45, 7) is 0.551. The quantitative estimate of drug-likeness (QED) is 0.565. The molecular weight excluding hydrogens is 455 g/mol. The molecule has 1 fully saturated rings. The van der Waals surface area contributed by atoms with Crippen molar-refractivity contribution in [2.45, 2.75) is 12.6 Å². The number of morpholine rings is 1. The van der Waals surface area contributed by atoms with Gasteiger partial charge >= 0.3 is 12.1 Å². The lowest BCUT2D eigenvalue weighted by atomic mass is 10.1. The van der Waals surface area contributed by atoms with Crippen molar-refractivity contribution in [2.75, 3.05) is 49.7 Å². The molecule has 0 unspecified atom stereocenters. The Hall–Kier alpha value is -3.60. The molecule has 2 N–H and O–H groups in total. The van der Waals surface area contributed by atoms with Gasteiger partial charge in [-0.1, -0.05) is 30.3 Å². The number of carbonyl (C=O) groups is 3. The molecule has 1 aliphatic rings. The molecule has 2 aromatic carbocycles. The van der Waals surface area contributed by atoms with Crippen molar-refractivity contribution >= 4 is 29.2 Å². The van der Waals surface area contributed by atoms with Crippen LogP contribution in [0.25, 0.3) is 0 Å². The van der Waals surface area contributed by atoms with Crippen molar-refractivity contribution in [3.8, 4) is 0 Å². The molecule has 2 amide bonds. The van der Waals surface area contributed by atoms with E-state index in [1.807, 2.05) is 6.07 Å². The maximum Gasteiger partial charge on any atom is 0.416 e. The van der Waals surface area contributed by atoms with Gasteiger partial charge in [0.1, 0.15) is 6.54 Å². The van der Waals surface area contributed by atoms with Gasteiger partial charge in [-0.3, -0.25) is 14.4 Å². The molecule has 3 rings (SSSR count). The molecule has 11 heteroatoms. The first kappa shape index (κ1) is 25.0. The van der Waals surface area contributed by atoms with Crippen LogP contribution < -0.4 is 15.5 Å². The smallest absolute Gasteiger partial charge is 0.416 e. The van der Waals surface area contributed by atoms with Gasteiger partial charge in [-0.2, -0.15) is 13.2 Å². The minimum Gasteiger partial charge on any atom is -0.454 e. The fourth-order valence-corrected chi connectivity index (χ4v) is 3.29. The number of benzene rings is 2. The molecule has 2 aromatic rings. The highest BCUT2D eigenvalue weighted by Crippen LogP contribution is 2.35. The number of alkyl halides is 3. The van der Waals surface area contributed by atoms with E-state index in [1.54, 1.807) is 29.2 Å². The average molecular weight is 479 g/mol. The van der Waals surface area contributed by atoms with Gasteiger partial charge < -0.3 is 25.0 Å². The predicted molar refractivity (Wildman–Crippen MR) is 117 cm³/mol. The highest BCUT2D eigenvalue weighted by Gasteiger charge is 2.32. The summed E-state index contributed by atoms with van der Waals surface area (Å²) in [6, 6.07) is 12.0. The van der Waals surface area contributed by atoms with Crippen LogP contribution in [0.2, 0.25) is 0 Å². The Morgan fingerprint density at radius 3 is 2.38 bits per heavy atom. The topological polar surface area (TPSA) is 97.0 Å². The predicted octanol–water partition coefficient (Wildman–Crippen LogP) is 2.38. The van der Waals surface area contributed by atoms with Crippen LogP contribution in [-0.4, -0.2) is 57.2 Å². The van der Waals surface area contributed by atoms with E-state index >= 15 is 0 Å². The molecule has 0 aliphatic carbocycles. The second-order valence-corrected chi connectivity index (χ2v) is 7.48. The third kappa shape index (κ3) is 7.48. The van der Waals surface area contributed by atoms with E-state index in [0.717, 1.165) is 17.7 Å². The molecular formula is C23H24F3N3O5. The third-order valence-corrected chi connectivity index (χ3v) is 4.95. The van der Waals surface area contributed by atoms with Crippen molar-refractivity contribution in [1.82, 2.24) is 5.32 Å². The number of rotatable bonds is 8. The minimum atomic E-state index is -4.59.